The molecule has 0 bridgehead atoms. The molecule has 0 spiro atoms. The van der Waals surface area contributed by atoms with Crippen LogP contribution in [-0.2, 0) is 15.3 Å². The number of carbonyl (C=O) groups is 1. The fourth-order valence-electron chi connectivity index (χ4n) is 1.68. The van der Waals surface area contributed by atoms with Gasteiger partial charge >= 0.3 is 5.97 Å². The zero-order valence-corrected chi connectivity index (χ0v) is 12.0. The Morgan fingerprint density at radius 3 is 2.56 bits per heavy atom. The molecule has 0 aliphatic carbocycles. The number of benzene rings is 1. The van der Waals surface area contributed by atoms with Gasteiger partial charge in [-0.05, 0) is 37.5 Å². The number of hydrogen-bond acceptors (Lipinski definition) is 4. The number of ether oxygens (including phenoxy) is 1. The second-order valence-electron chi connectivity index (χ2n) is 4.24. The third kappa shape index (κ3) is 4.35. The molecule has 1 aromatic rings. The topological polar surface area (TPSA) is 52.3 Å². The first kappa shape index (κ1) is 15.1. The summed E-state index contributed by atoms with van der Waals surface area (Å²) < 4.78 is 4.88. The van der Waals surface area contributed by atoms with Crippen molar-refractivity contribution in [2.24, 2.45) is 5.73 Å². The van der Waals surface area contributed by atoms with Crippen LogP contribution in [-0.4, -0.2) is 24.4 Å². The summed E-state index contributed by atoms with van der Waals surface area (Å²) in [6, 6.07) is 5.74. The Balaban J connectivity index is 2.44. The van der Waals surface area contributed by atoms with Crippen molar-refractivity contribution in [2.45, 2.75) is 32.6 Å². The second-order valence-corrected chi connectivity index (χ2v) is 5.27. The Kier molecular flexibility index (Phi) is 6.22. The van der Waals surface area contributed by atoms with Gasteiger partial charge in [0.25, 0.3) is 0 Å². The first-order valence-electron chi connectivity index (χ1n) is 6.11. The Bertz CT molecular complexity index is 387. The number of hydrogen-bond donors (Lipinski definition) is 1. The lowest BCUT2D eigenvalue weighted by Gasteiger charge is -2.12. The third-order valence-corrected chi connectivity index (χ3v) is 3.87. The van der Waals surface area contributed by atoms with Crippen LogP contribution in [0, 0.1) is 13.8 Å². The highest BCUT2D eigenvalue weighted by Crippen LogP contribution is 2.20. The van der Waals surface area contributed by atoms with Crippen LogP contribution in [0.4, 0.5) is 0 Å². The fourth-order valence-corrected chi connectivity index (χ4v) is 2.85. The molecule has 2 N–H and O–H groups in total. The predicted molar refractivity (Wildman–Crippen MR) is 76.7 cm³/mol. The summed E-state index contributed by atoms with van der Waals surface area (Å²) in [5.41, 5.74) is 9.65. The molecule has 1 aromatic carbocycles. The predicted octanol–water partition coefficient (Wildman–Crippen LogP) is 2.43. The van der Waals surface area contributed by atoms with E-state index >= 15 is 0 Å². The quantitative estimate of drug-likeness (QED) is 0.804. The summed E-state index contributed by atoms with van der Waals surface area (Å²) in [7, 11) is 0. The molecule has 0 fully saturated rings. The summed E-state index contributed by atoms with van der Waals surface area (Å²) >= 11 is 1.67. The molecule has 0 aromatic heterocycles. The van der Waals surface area contributed by atoms with Crippen molar-refractivity contribution in [3.63, 3.8) is 0 Å². The molecule has 18 heavy (non-hydrogen) atoms. The fraction of sp³-hybridized carbons (Fsp3) is 0.500. The van der Waals surface area contributed by atoms with E-state index in [0.29, 0.717) is 12.4 Å². The number of aryl methyl sites for hydroxylation is 2. The van der Waals surface area contributed by atoms with Gasteiger partial charge in [0.2, 0.25) is 0 Å². The van der Waals surface area contributed by atoms with Crippen LogP contribution in [0.1, 0.15) is 23.6 Å². The van der Waals surface area contributed by atoms with Gasteiger partial charge in [-0.3, -0.25) is 4.79 Å². The minimum atomic E-state index is -0.528. The largest absolute Gasteiger partial charge is 0.465 e. The van der Waals surface area contributed by atoms with E-state index in [9.17, 15) is 4.79 Å². The van der Waals surface area contributed by atoms with Crippen molar-refractivity contribution < 1.29 is 9.53 Å². The van der Waals surface area contributed by atoms with Gasteiger partial charge in [-0.1, -0.05) is 18.2 Å². The van der Waals surface area contributed by atoms with Crippen LogP contribution in [0.25, 0.3) is 0 Å². The molecule has 3 nitrogen and oxygen atoms in total. The molecule has 0 heterocycles. The molecule has 1 rings (SSSR count). The van der Waals surface area contributed by atoms with Crippen LogP contribution in [0.3, 0.4) is 0 Å². The SMILES string of the molecule is CCOC(=O)C(N)CSCc1c(C)cccc1C. The molecular weight excluding hydrogens is 246 g/mol. The molecule has 0 radical (unpaired) electrons. The molecular formula is C14H21NO2S. The van der Waals surface area contributed by atoms with Crippen LogP contribution in [0.15, 0.2) is 18.2 Å². The van der Waals surface area contributed by atoms with Crippen LogP contribution < -0.4 is 5.73 Å². The minimum Gasteiger partial charge on any atom is -0.465 e. The molecule has 4 heteroatoms. The van der Waals surface area contributed by atoms with Gasteiger partial charge in [-0.25, -0.2) is 0 Å². The number of nitrogens with two attached hydrogens (primary N) is 1. The highest BCUT2D eigenvalue weighted by atomic mass is 32.2. The smallest absolute Gasteiger partial charge is 0.323 e. The minimum absolute atomic E-state index is 0.313. The zero-order valence-electron chi connectivity index (χ0n) is 11.2. The average molecular weight is 267 g/mol. The lowest BCUT2D eigenvalue weighted by atomic mass is 10.1. The van der Waals surface area contributed by atoms with Crippen molar-refractivity contribution in [1.29, 1.82) is 0 Å². The monoisotopic (exact) mass is 267 g/mol. The molecule has 0 aliphatic heterocycles. The maximum absolute atomic E-state index is 11.4. The number of thioether (sulfide) groups is 1. The van der Waals surface area contributed by atoms with Crippen molar-refractivity contribution in [2.75, 3.05) is 12.4 Å². The van der Waals surface area contributed by atoms with Crippen molar-refractivity contribution >= 4 is 17.7 Å². The van der Waals surface area contributed by atoms with Crippen LogP contribution in [0.5, 0.6) is 0 Å². The van der Waals surface area contributed by atoms with Crippen LogP contribution >= 0.6 is 11.8 Å². The van der Waals surface area contributed by atoms with Crippen molar-refractivity contribution in [3.8, 4) is 0 Å². The van der Waals surface area contributed by atoms with Gasteiger partial charge in [-0.15, -0.1) is 0 Å². The maximum atomic E-state index is 11.4. The van der Waals surface area contributed by atoms with Gasteiger partial charge in [-0.2, -0.15) is 11.8 Å². The van der Waals surface area contributed by atoms with E-state index in [-0.39, 0.29) is 5.97 Å². The molecule has 1 atom stereocenters. The van der Waals surface area contributed by atoms with Gasteiger partial charge < -0.3 is 10.5 Å². The van der Waals surface area contributed by atoms with E-state index in [2.05, 4.69) is 32.0 Å². The number of esters is 1. The molecule has 0 aliphatic rings. The standard InChI is InChI=1S/C14H21NO2S/c1-4-17-14(16)13(15)9-18-8-12-10(2)6-5-7-11(12)3/h5-7,13H,4,8-9,15H2,1-3H3. The Labute approximate surface area is 113 Å². The highest BCUT2D eigenvalue weighted by molar-refractivity contribution is 7.98. The Morgan fingerprint density at radius 2 is 2.00 bits per heavy atom. The maximum Gasteiger partial charge on any atom is 0.323 e. The molecule has 0 amide bonds. The van der Waals surface area contributed by atoms with Crippen molar-refractivity contribution in [1.82, 2.24) is 0 Å². The van der Waals surface area contributed by atoms with E-state index in [0.717, 1.165) is 5.75 Å². The van der Waals surface area contributed by atoms with Gasteiger partial charge in [0.1, 0.15) is 6.04 Å². The van der Waals surface area contributed by atoms with Gasteiger partial charge in [0.05, 0.1) is 6.61 Å². The number of carbonyl (C=O) groups excluding carboxylic acids is 1. The lowest BCUT2D eigenvalue weighted by Crippen LogP contribution is -2.34. The van der Waals surface area contributed by atoms with Gasteiger partial charge in [0.15, 0.2) is 0 Å². The molecule has 1 unspecified atom stereocenters. The summed E-state index contributed by atoms with van der Waals surface area (Å²) in [6.07, 6.45) is 0. The summed E-state index contributed by atoms with van der Waals surface area (Å²) in [5, 5.41) is 0. The van der Waals surface area contributed by atoms with Crippen molar-refractivity contribution in [3.05, 3.63) is 34.9 Å². The zero-order chi connectivity index (χ0) is 13.5. The summed E-state index contributed by atoms with van der Waals surface area (Å²) in [4.78, 5) is 11.4. The van der Waals surface area contributed by atoms with Crippen LogP contribution in [0.2, 0.25) is 0 Å². The van der Waals surface area contributed by atoms with E-state index in [1.807, 2.05) is 0 Å². The summed E-state index contributed by atoms with van der Waals surface area (Å²) in [5.74, 6) is 1.16. The Morgan fingerprint density at radius 1 is 1.39 bits per heavy atom. The van der Waals surface area contributed by atoms with Gasteiger partial charge in [0, 0.05) is 11.5 Å². The van der Waals surface area contributed by atoms with E-state index in [1.54, 1.807) is 18.7 Å². The first-order chi connectivity index (χ1) is 8.56. The van der Waals surface area contributed by atoms with E-state index in [4.69, 9.17) is 10.5 Å². The molecule has 0 saturated heterocycles. The average Bonchev–Trinajstić information content (AvgIpc) is 2.33. The highest BCUT2D eigenvalue weighted by Gasteiger charge is 2.14. The third-order valence-electron chi connectivity index (χ3n) is 2.78. The normalized spacial score (nSPS) is 12.2. The van der Waals surface area contributed by atoms with E-state index < -0.39 is 6.04 Å². The number of rotatable bonds is 6. The van der Waals surface area contributed by atoms with E-state index in [1.165, 1.54) is 16.7 Å². The lowest BCUT2D eigenvalue weighted by molar-refractivity contribution is -0.144. The Hall–Kier alpha value is -1.00. The second kappa shape index (κ2) is 7.44. The summed E-state index contributed by atoms with van der Waals surface area (Å²) in [6.45, 7) is 6.38. The molecule has 100 valence electrons. The first-order valence-corrected chi connectivity index (χ1v) is 7.26. The molecule has 0 saturated carbocycles.